The summed E-state index contributed by atoms with van der Waals surface area (Å²) in [5, 5.41) is 0. The highest BCUT2D eigenvalue weighted by Gasteiger charge is 2.61. The highest BCUT2D eigenvalue weighted by Crippen LogP contribution is 2.61. The van der Waals surface area contributed by atoms with Crippen molar-refractivity contribution in [3.63, 3.8) is 0 Å². The molecule has 0 saturated heterocycles. The minimum absolute atomic E-state index is 0.174. The molecule has 4 amide bonds. The van der Waals surface area contributed by atoms with Crippen LogP contribution in [0.1, 0.15) is 35.8 Å². The lowest BCUT2D eigenvalue weighted by atomic mass is 9.51. The van der Waals surface area contributed by atoms with Crippen LogP contribution >= 0.6 is 0 Å². The summed E-state index contributed by atoms with van der Waals surface area (Å²) in [4.78, 5) is 57.2. The second-order valence-electron chi connectivity index (χ2n) is 11.1. The van der Waals surface area contributed by atoms with Gasteiger partial charge in [0.05, 0.1) is 54.5 Å². The van der Waals surface area contributed by atoms with Crippen molar-refractivity contribution >= 4 is 23.6 Å². The molecule has 2 aromatic carbocycles. The van der Waals surface area contributed by atoms with E-state index in [0.29, 0.717) is 58.5 Å². The van der Waals surface area contributed by atoms with Gasteiger partial charge in [-0.1, -0.05) is 12.2 Å². The number of hydrogen-bond donors (Lipinski definition) is 0. The molecule has 0 spiro atoms. The summed E-state index contributed by atoms with van der Waals surface area (Å²) in [5.74, 6) is -3.18. The SMILES string of the molecule is COc1cc([C@@H]2[C@@H](C(=O)N3CCC=CC3=O)[C@@H](C(=O)N3CCC=CC3=O)[C@@H]2c2cc(OC)c(OC)c(OC)c2)cc(OC)c1OC. The van der Waals surface area contributed by atoms with Gasteiger partial charge in [0.2, 0.25) is 23.3 Å². The quantitative estimate of drug-likeness (QED) is 0.358. The zero-order chi connectivity index (χ0) is 33.1. The van der Waals surface area contributed by atoms with Gasteiger partial charge in [-0.05, 0) is 60.4 Å². The highest BCUT2D eigenvalue weighted by atomic mass is 16.5. The van der Waals surface area contributed by atoms with E-state index in [1.807, 2.05) is 0 Å². The van der Waals surface area contributed by atoms with E-state index in [1.165, 1.54) is 64.6 Å². The average molecular weight is 635 g/mol. The van der Waals surface area contributed by atoms with Gasteiger partial charge in [-0.3, -0.25) is 29.0 Å². The predicted octanol–water partition coefficient (Wildman–Crippen LogP) is 3.48. The Labute approximate surface area is 267 Å². The summed E-state index contributed by atoms with van der Waals surface area (Å²) >= 11 is 0. The summed E-state index contributed by atoms with van der Waals surface area (Å²) in [5.41, 5.74) is 1.22. The lowest BCUT2D eigenvalue weighted by Crippen LogP contribution is -2.59. The zero-order valence-electron chi connectivity index (χ0n) is 26.7. The molecule has 1 fully saturated rings. The molecule has 2 aromatic rings. The minimum atomic E-state index is -1.02. The molecule has 2 heterocycles. The van der Waals surface area contributed by atoms with Crippen LogP contribution < -0.4 is 28.4 Å². The van der Waals surface area contributed by atoms with Crippen molar-refractivity contribution < 1.29 is 47.6 Å². The van der Waals surface area contributed by atoms with Crippen molar-refractivity contribution in [1.82, 2.24) is 9.80 Å². The third-order valence-corrected chi connectivity index (χ3v) is 8.89. The fourth-order valence-corrected chi connectivity index (χ4v) is 6.75. The molecule has 12 heteroatoms. The number of ether oxygens (including phenoxy) is 6. The Morgan fingerprint density at radius 2 is 0.891 bits per heavy atom. The monoisotopic (exact) mass is 634 g/mol. The van der Waals surface area contributed by atoms with Gasteiger partial charge in [0, 0.05) is 24.9 Å². The predicted molar refractivity (Wildman–Crippen MR) is 166 cm³/mol. The van der Waals surface area contributed by atoms with Crippen LogP contribution in [-0.2, 0) is 19.2 Å². The molecule has 2 aliphatic heterocycles. The second-order valence-corrected chi connectivity index (χ2v) is 11.1. The van der Waals surface area contributed by atoms with Gasteiger partial charge >= 0.3 is 0 Å². The Morgan fingerprint density at radius 3 is 1.15 bits per heavy atom. The molecular formula is C34H38N2O10. The molecule has 1 saturated carbocycles. The normalized spacial score (nSPS) is 22.2. The van der Waals surface area contributed by atoms with E-state index in [-0.39, 0.29) is 13.1 Å². The molecule has 0 bridgehead atoms. The molecule has 0 radical (unpaired) electrons. The summed E-state index contributed by atoms with van der Waals surface area (Å²) in [6.45, 7) is 0.349. The van der Waals surface area contributed by atoms with Crippen LogP contribution in [0.5, 0.6) is 34.5 Å². The van der Waals surface area contributed by atoms with Crippen molar-refractivity contribution in [2.75, 3.05) is 55.7 Å². The molecule has 12 nitrogen and oxygen atoms in total. The number of amides is 4. The average Bonchev–Trinajstić information content (AvgIpc) is 3.06. The van der Waals surface area contributed by atoms with E-state index in [9.17, 15) is 19.2 Å². The maximum Gasteiger partial charge on any atom is 0.252 e. The van der Waals surface area contributed by atoms with Gasteiger partial charge in [0.1, 0.15) is 0 Å². The van der Waals surface area contributed by atoms with E-state index in [1.54, 1.807) is 36.4 Å². The number of hydrogen-bond acceptors (Lipinski definition) is 10. The van der Waals surface area contributed by atoms with Gasteiger partial charge in [-0.15, -0.1) is 0 Å². The molecule has 244 valence electrons. The van der Waals surface area contributed by atoms with E-state index in [0.717, 1.165) is 0 Å². The van der Waals surface area contributed by atoms with Gasteiger partial charge in [0.15, 0.2) is 23.0 Å². The van der Waals surface area contributed by atoms with Crippen LogP contribution in [0.2, 0.25) is 0 Å². The maximum atomic E-state index is 14.5. The first-order valence-corrected chi connectivity index (χ1v) is 14.9. The number of nitrogens with zero attached hydrogens (tertiary/aromatic N) is 2. The van der Waals surface area contributed by atoms with Gasteiger partial charge in [-0.25, -0.2) is 0 Å². The third-order valence-electron chi connectivity index (χ3n) is 8.89. The van der Waals surface area contributed by atoms with Crippen LogP contribution in [-0.4, -0.2) is 89.2 Å². The Morgan fingerprint density at radius 1 is 0.565 bits per heavy atom. The van der Waals surface area contributed by atoms with Crippen molar-refractivity contribution in [3.8, 4) is 34.5 Å². The zero-order valence-corrected chi connectivity index (χ0v) is 26.7. The molecule has 0 aromatic heterocycles. The largest absolute Gasteiger partial charge is 0.493 e. The fraction of sp³-hybridized carbons (Fsp3) is 0.412. The number of carbonyl (C=O) groups is 4. The first-order chi connectivity index (χ1) is 22.2. The maximum absolute atomic E-state index is 14.5. The smallest absolute Gasteiger partial charge is 0.252 e. The number of methoxy groups -OCH3 is 6. The number of rotatable bonds is 10. The van der Waals surface area contributed by atoms with Crippen LogP contribution in [0, 0.1) is 11.8 Å². The first kappa shape index (κ1) is 32.4. The number of carbonyl (C=O) groups excluding carboxylic acids is 4. The van der Waals surface area contributed by atoms with Crippen molar-refractivity contribution in [2.45, 2.75) is 24.7 Å². The van der Waals surface area contributed by atoms with E-state index >= 15 is 0 Å². The van der Waals surface area contributed by atoms with Gasteiger partial charge in [0.25, 0.3) is 11.8 Å². The lowest BCUT2D eigenvalue weighted by molar-refractivity contribution is -0.162. The van der Waals surface area contributed by atoms with Crippen LogP contribution in [0.3, 0.4) is 0 Å². The Kier molecular flexibility index (Phi) is 9.54. The van der Waals surface area contributed by atoms with Crippen molar-refractivity contribution in [3.05, 3.63) is 59.7 Å². The second kappa shape index (κ2) is 13.6. The molecule has 5 rings (SSSR count). The van der Waals surface area contributed by atoms with E-state index in [4.69, 9.17) is 28.4 Å². The lowest BCUT2D eigenvalue weighted by Gasteiger charge is -2.52. The Balaban J connectivity index is 1.75. The van der Waals surface area contributed by atoms with Crippen LogP contribution in [0.4, 0.5) is 0 Å². The van der Waals surface area contributed by atoms with Crippen molar-refractivity contribution in [2.24, 2.45) is 11.8 Å². The summed E-state index contributed by atoms with van der Waals surface area (Å²) in [6.07, 6.45) is 7.13. The Bertz CT molecular complexity index is 1430. The highest BCUT2D eigenvalue weighted by molar-refractivity contribution is 6.07. The fourth-order valence-electron chi connectivity index (χ4n) is 6.75. The summed E-state index contributed by atoms with van der Waals surface area (Å²) in [7, 11) is 8.93. The summed E-state index contributed by atoms with van der Waals surface area (Å²) < 4.78 is 33.7. The van der Waals surface area contributed by atoms with Gasteiger partial charge in [-0.2, -0.15) is 0 Å². The molecular weight excluding hydrogens is 596 g/mol. The molecule has 1 aliphatic carbocycles. The van der Waals surface area contributed by atoms with Crippen LogP contribution in [0.25, 0.3) is 0 Å². The third kappa shape index (κ3) is 5.52. The van der Waals surface area contributed by atoms with E-state index in [2.05, 4.69) is 0 Å². The Hall–Kier alpha value is -5.00. The standard InChI is InChI=1S/C34H38N2O10/c1-41-21-15-19(16-22(42-2)31(21)45-5)27-28(20-17-23(43-3)32(46-6)24(18-20)44-4)30(34(40)36-14-10-8-12-26(36)38)29(27)33(39)35-13-9-7-11-25(35)37/h7-8,11-12,15-18,27-30H,9-10,13-14H2,1-6H3/t27-,28+,29+,30-. The van der Waals surface area contributed by atoms with Gasteiger partial charge < -0.3 is 28.4 Å². The summed E-state index contributed by atoms with van der Waals surface area (Å²) in [6, 6.07) is 6.96. The molecule has 46 heavy (non-hydrogen) atoms. The number of benzene rings is 2. The molecule has 3 aliphatic rings. The molecule has 0 N–H and O–H groups in total. The van der Waals surface area contributed by atoms with E-state index < -0.39 is 47.3 Å². The topological polar surface area (TPSA) is 130 Å². The molecule has 0 unspecified atom stereocenters. The minimum Gasteiger partial charge on any atom is -0.493 e. The molecule has 4 atom stereocenters. The first-order valence-electron chi connectivity index (χ1n) is 14.9. The van der Waals surface area contributed by atoms with Crippen LogP contribution in [0.15, 0.2) is 48.6 Å². The number of imide groups is 2. The van der Waals surface area contributed by atoms with Crippen molar-refractivity contribution in [1.29, 1.82) is 0 Å².